The summed E-state index contributed by atoms with van der Waals surface area (Å²) in [4.78, 5) is 13.6. The van der Waals surface area contributed by atoms with Crippen LogP contribution in [-0.4, -0.2) is 25.2 Å². The minimum atomic E-state index is -0.863. The summed E-state index contributed by atoms with van der Waals surface area (Å²) < 4.78 is 0. The number of aliphatic carboxylic acids is 1. The van der Waals surface area contributed by atoms with Crippen LogP contribution in [0, 0.1) is 0 Å². The molecule has 2 aromatic rings. The summed E-state index contributed by atoms with van der Waals surface area (Å²) in [6.07, 6.45) is 0.417. The van der Waals surface area contributed by atoms with Gasteiger partial charge in [-0.05, 0) is 35.7 Å². The lowest BCUT2D eigenvalue weighted by Crippen LogP contribution is -2.15. The molecule has 1 atom stereocenters. The van der Waals surface area contributed by atoms with E-state index >= 15 is 0 Å². The molecule has 2 rings (SSSR count). The van der Waals surface area contributed by atoms with Gasteiger partial charge in [-0.2, -0.15) is 0 Å². The van der Waals surface area contributed by atoms with Crippen molar-refractivity contribution in [3.63, 3.8) is 0 Å². The normalized spacial score (nSPS) is 12.0. The van der Waals surface area contributed by atoms with E-state index in [2.05, 4.69) is 0 Å². The van der Waals surface area contributed by atoms with E-state index in [-0.39, 0.29) is 0 Å². The van der Waals surface area contributed by atoms with Crippen LogP contribution >= 0.6 is 11.6 Å². The van der Waals surface area contributed by atoms with Crippen molar-refractivity contribution in [3.05, 3.63) is 64.7 Å². The highest BCUT2D eigenvalue weighted by Gasteiger charge is 2.22. The molecule has 0 radical (unpaired) electrons. The molecule has 3 nitrogen and oxygen atoms in total. The summed E-state index contributed by atoms with van der Waals surface area (Å²) in [6, 6.07) is 15.0. The fourth-order valence-corrected chi connectivity index (χ4v) is 2.55. The third-order valence-electron chi connectivity index (χ3n) is 3.45. The topological polar surface area (TPSA) is 40.5 Å². The highest BCUT2D eigenvalue weighted by Crippen LogP contribution is 2.28. The van der Waals surface area contributed by atoms with E-state index in [1.807, 2.05) is 49.3 Å². The summed E-state index contributed by atoms with van der Waals surface area (Å²) in [5.74, 6) is -1.51. The van der Waals surface area contributed by atoms with Crippen molar-refractivity contribution in [3.8, 4) is 0 Å². The van der Waals surface area contributed by atoms with Gasteiger partial charge >= 0.3 is 5.97 Å². The number of halogens is 1. The molecule has 4 heteroatoms. The molecule has 0 amide bonds. The summed E-state index contributed by atoms with van der Waals surface area (Å²) >= 11 is 6.14. The first kappa shape index (κ1) is 15.4. The van der Waals surface area contributed by atoms with Crippen molar-refractivity contribution in [2.75, 3.05) is 19.0 Å². The van der Waals surface area contributed by atoms with Crippen molar-refractivity contribution in [1.82, 2.24) is 0 Å². The molecule has 0 aliphatic rings. The first-order valence-corrected chi connectivity index (χ1v) is 7.10. The molecule has 0 bridgehead atoms. The van der Waals surface area contributed by atoms with Crippen molar-refractivity contribution in [2.45, 2.75) is 12.3 Å². The second kappa shape index (κ2) is 6.64. The van der Waals surface area contributed by atoms with Gasteiger partial charge in [0.2, 0.25) is 0 Å². The first-order chi connectivity index (χ1) is 9.99. The Kier molecular flexibility index (Phi) is 4.86. The second-order valence-corrected chi connectivity index (χ2v) is 5.59. The molecule has 0 aliphatic carbocycles. The van der Waals surface area contributed by atoms with Crippen LogP contribution in [0.4, 0.5) is 5.69 Å². The van der Waals surface area contributed by atoms with Gasteiger partial charge in [0.05, 0.1) is 5.92 Å². The van der Waals surface area contributed by atoms with E-state index < -0.39 is 11.9 Å². The minimum absolute atomic E-state index is 0.417. The number of carboxylic acid groups (broad SMARTS) is 1. The van der Waals surface area contributed by atoms with Crippen LogP contribution in [0.25, 0.3) is 0 Å². The standard InChI is InChI=1S/C17H18ClNO2/c1-19(2)13-7-5-6-12(10-13)11-15(17(20)21)14-8-3-4-9-16(14)18/h3-10,15H,11H2,1-2H3,(H,20,21). The summed E-state index contributed by atoms with van der Waals surface area (Å²) in [7, 11) is 3.92. The lowest BCUT2D eigenvalue weighted by molar-refractivity contribution is -0.138. The maximum absolute atomic E-state index is 11.6. The molecule has 110 valence electrons. The van der Waals surface area contributed by atoms with E-state index in [4.69, 9.17) is 11.6 Å². The van der Waals surface area contributed by atoms with Gasteiger partial charge in [-0.15, -0.1) is 0 Å². The molecule has 0 heterocycles. The third-order valence-corrected chi connectivity index (χ3v) is 3.79. The Morgan fingerprint density at radius 3 is 2.52 bits per heavy atom. The zero-order valence-electron chi connectivity index (χ0n) is 12.1. The predicted molar refractivity (Wildman–Crippen MR) is 86.3 cm³/mol. The van der Waals surface area contributed by atoms with Gasteiger partial charge in [-0.25, -0.2) is 0 Å². The van der Waals surface area contributed by atoms with Gasteiger partial charge in [0.1, 0.15) is 0 Å². The Bertz CT molecular complexity index is 640. The van der Waals surface area contributed by atoms with Gasteiger partial charge in [0.25, 0.3) is 0 Å². The number of hydrogen-bond donors (Lipinski definition) is 1. The summed E-state index contributed by atoms with van der Waals surface area (Å²) in [6.45, 7) is 0. The van der Waals surface area contributed by atoms with Crippen molar-refractivity contribution in [1.29, 1.82) is 0 Å². The van der Waals surface area contributed by atoms with E-state index in [0.717, 1.165) is 11.3 Å². The van der Waals surface area contributed by atoms with Crippen LogP contribution in [0.5, 0.6) is 0 Å². The molecular formula is C17H18ClNO2. The fourth-order valence-electron chi connectivity index (χ4n) is 2.29. The number of hydrogen-bond acceptors (Lipinski definition) is 2. The summed E-state index contributed by atoms with van der Waals surface area (Å²) in [5.41, 5.74) is 2.69. The molecular weight excluding hydrogens is 286 g/mol. The molecule has 1 N–H and O–H groups in total. The van der Waals surface area contributed by atoms with Crippen molar-refractivity contribution >= 4 is 23.3 Å². The predicted octanol–water partition coefficient (Wildman–Crippen LogP) is 3.82. The highest BCUT2D eigenvalue weighted by molar-refractivity contribution is 6.31. The minimum Gasteiger partial charge on any atom is -0.481 e. The Hall–Kier alpha value is -2.00. The second-order valence-electron chi connectivity index (χ2n) is 5.18. The first-order valence-electron chi connectivity index (χ1n) is 6.72. The average molecular weight is 304 g/mol. The molecule has 0 spiro atoms. The number of carboxylic acids is 1. The number of anilines is 1. The quantitative estimate of drug-likeness (QED) is 0.913. The third kappa shape index (κ3) is 3.76. The lowest BCUT2D eigenvalue weighted by Gasteiger charge is -2.17. The molecule has 2 aromatic carbocycles. The van der Waals surface area contributed by atoms with E-state index in [9.17, 15) is 9.90 Å². The van der Waals surface area contributed by atoms with Gasteiger partial charge in [0.15, 0.2) is 0 Å². The number of benzene rings is 2. The van der Waals surface area contributed by atoms with Crippen LogP contribution in [0.3, 0.4) is 0 Å². The zero-order valence-corrected chi connectivity index (χ0v) is 12.8. The smallest absolute Gasteiger partial charge is 0.311 e. The van der Waals surface area contributed by atoms with Gasteiger partial charge < -0.3 is 10.0 Å². The SMILES string of the molecule is CN(C)c1cccc(CC(C(=O)O)c2ccccc2Cl)c1. The molecule has 0 saturated carbocycles. The zero-order chi connectivity index (χ0) is 15.4. The summed E-state index contributed by atoms with van der Waals surface area (Å²) in [5, 5.41) is 10.0. The largest absolute Gasteiger partial charge is 0.481 e. The monoisotopic (exact) mass is 303 g/mol. The van der Waals surface area contributed by atoms with E-state index in [1.165, 1.54) is 0 Å². The van der Waals surface area contributed by atoms with Crippen LogP contribution < -0.4 is 4.90 Å². The fraction of sp³-hybridized carbons (Fsp3) is 0.235. The van der Waals surface area contributed by atoms with Crippen LogP contribution in [0.2, 0.25) is 5.02 Å². The van der Waals surface area contributed by atoms with Gasteiger partial charge in [0, 0.05) is 24.8 Å². The molecule has 0 aliphatic heterocycles. The Labute approximate surface area is 129 Å². The lowest BCUT2D eigenvalue weighted by atomic mass is 9.92. The molecule has 0 fully saturated rings. The van der Waals surface area contributed by atoms with Gasteiger partial charge in [-0.1, -0.05) is 41.9 Å². The Balaban J connectivity index is 2.31. The van der Waals surface area contributed by atoms with Crippen LogP contribution in [0.15, 0.2) is 48.5 Å². The van der Waals surface area contributed by atoms with Gasteiger partial charge in [-0.3, -0.25) is 4.79 Å². The van der Waals surface area contributed by atoms with Crippen molar-refractivity contribution < 1.29 is 9.90 Å². The maximum Gasteiger partial charge on any atom is 0.311 e. The number of nitrogens with zero attached hydrogens (tertiary/aromatic N) is 1. The number of carbonyl (C=O) groups is 1. The van der Waals surface area contributed by atoms with Crippen molar-refractivity contribution in [2.24, 2.45) is 0 Å². The van der Waals surface area contributed by atoms with Crippen LogP contribution in [-0.2, 0) is 11.2 Å². The Morgan fingerprint density at radius 1 is 1.19 bits per heavy atom. The number of rotatable bonds is 5. The molecule has 0 aromatic heterocycles. The van der Waals surface area contributed by atoms with Crippen LogP contribution in [0.1, 0.15) is 17.0 Å². The Morgan fingerprint density at radius 2 is 1.90 bits per heavy atom. The average Bonchev–Trinajstić information content (AvgIpc) is 2.45. The van der Waals surface area contributed by atoms with E-state index in [1.54, 1.807) is 18.2 Å². The molecule has 0 saturated heterocycles. The van der Waals surface area contributed by atoms with E-state index in [0.29, 0.717) is 17.0 Å². The maximum atomic E-state index is 11.6. The molecule has 21 heavy (non-hydrogen) atoms. The molecule has 1 unspecified atom stereocenters. The highest BCUT2D eigenvalue weighted by atomic mass is 35.5.